The zero-order valence-corrected chi connectivity index (χ0v) is 14.6. The van der Waals surface area contributed by atoms with Crippen LogP contribution in [0.4, 0.5) is 0 Å². The summed E-state index contributed by atoms with van der Waals surface area (Å²) in [6.45, 7) is 13.7. The van der Waals surface area contributed by atoms with E-state index in [1.807, 2.05) is 48.5 Å². The minimum Gasteiger partial charge on any atom is -0.354 e. The molecule has 4 nitrogen and oxygen atoms in total. The van der Waals surface area contributed by atoms with Gasteiger partial charge < -0.3 is 10.6 Å². The Labute approximate surface area is 129 Å². The summed E-state index contributed by atoms with van der Waals surface area (Å²) in [5.41, 5.74) is 1.20. The lowest BCUT2D eigenvalue weighted by Gasteiger charge is -2.17. The van der Waals surface area contributed by atoms with Gasteiger partial charge in [0, 0.05) is 23.9 Å². The maximum Gasteiger partial charge on any atom is 0.223 e. The SMILES string of the molecule is C/C(=C/CC(C)C(=O)NC(C)C)CC(C)NC(=O)C(C)C. The van der Waals surface area contributed by atoms with Gasteiger partial charge in [0.15, 0.2) is 0 Å². The van der Waals surface area contributed by atoms with Crippen molar-refractivity contribution < 1.29 is 9.59 Å². The van der Waals surface area contributed by atoms with E-state index in [2.05, 4.69) is 16.7 Å². The van der Waals surface area contributed by atoms with Crippen molar-refractivity contribution in [1.82, 2.24) is 10.6 Å². The molecule has 0 fully saturated rings. The quantitative estimate of drug-likeness (QED) is 0.676. The molecule has 0 saturated heterocycles. The van der Waals surface area contributed by atoms with Gasteiger partial charge in [-0.05, 0) is 40.5 Å². The van der Waals surface area contributed by atoms with E-state index < -0.39 is 0 Å². The number of carbonyl (C=O) groups is 2. The lowest BCUT2D eigenvalue weighted by atomic mass is 10.0. The number of amides is 2. The third-order valence-electron chi connectivity index (χ3n) is 3.24. The van der Waals surface area contributed by atoms with Crippen LogP contribution in [0, 0.1) is 11.8 Å². The summed E-state index contributed by atoms with van der Waals surface area (Å²) in [5.74, 6) is 0.162. The van der Waals surface area contributed by atoms with Crippen LogP contribution >= 0.6 is 0 Å². The third-order valence-corrected chi connectivity index (χ3v) is 3.24. The second kappa shape index (κ2) is 9.59. The second-order valence-electron chi connectivity index (χ2n) is 6.62. The van der Waals surface area contributed by atoms with E-state index in [0.717, 1.165) is 12.8 Å². The van der Waals surface area contributed by atoms with E-state index >= 15 is 0 Å². The highest BCUT2D eigenvalue weighted by atomic mass is 16.2. The standard InChI is InChI=1S/C17H32N2O2/c1-11(2)16(20)19-15(7)10-13(5)8-9-14(6)17(21)18-12(3)4/h8,11-12,14-15H,9-10H2,1-7H3,(H,18,21)(H,19,20)/b13-8-. The second-order valence-corrected chi connectivity index (χ2v) is 6.62. The minimum absolute atomic E-state index is 0.0106. The predicted octanol–water partition coefficient (Wildman–Crippen LogP) is 3.03. The van der Waals surface area contributed by atoms with Crippen LogP contribution in [0.1, 0.15) is 61.3 Å². The highest BCUT2D eigenvalue weighted by molar-refractivity contribution is 5.78. The van der Waals surface area contributed by atoms with Crippen molar-refractivity contribution in [2.24, 2.45) is 11.8 Å². The summed E-state index contributed by atoms with van der Waals surface area (Å²) in [4.78, 5) is 23.4. The van der Waals surface area contributed by atoms with E-state index in [1.54, 1.807) is 0 Å². The molecule has 0 bridgehead atoms. The molecule has 21 heavy (non-hydrogen) atoms. The van der Waals surface area contributed by atoms with Gasteiger partial charge in [0.05, 0.1) is 0 Å². The summed E-state index contributed by atoms with van der Waals surface area (Å²) in [6, 6.07) is 0.298. The van der Waals surface area contributed by atoms with Gasteiger partial charge in [-0.25, -0.2) is 0 Å². The Morgan fingerprint density at radius 2 is 1.52 bits per heavy atom. The van der Waals surface area contributed by atoms with Gasteiger partial charge in [-0.2, -0.15) is 0 Å². The molecule has 0 heterocycles. The number of hydrogen-bond donors (Lipinski definition) is 2. The van der Waals surface area contributed by atoms with Crippen LogP contribution in [0.2, 0.25) is 0 Å². The molecule has 2 atom stereocenters. The van der Waals surface area contributed by atoms with Crippen LogP contribution in [0.15, 0.2) is 11.6 Å². The van der Waals surface area contributed by atoms with E-state index in [0.29, 0.717) is 0 Å². The average molecular weight is 296 g/mol. The fourth-order valence-electron chi connectivity index (χ4n) is 1.94. The maximum absolute atomic E-state index is 11.8. The first-order valence-electron chi connectivity index (χ1n) is 7.89. The molecule has 0 aromatic rings. The molecule has 0 aliphatic rings. The van der Waals surface area contributed by atoms with Gasteiger partial charge >= 0.3 is 0 Å². The van der Waals surface area contributed by atoms with E-state index in [9.17, 15) is 9.59 Å². The van der Waals surface area contributed by atoms with Gasteiger partial charge in [-0.15, -0.1) is 0 Å². The molecular formula is C17H32N2O2. The molecule has 2 unspecified atom stereocenters. The van der Waals surface area contributed by atoms with Crippen LogP contribution in [-0.2, 0) is 9.59 Å². The lowest BCUT2D eigenvalue weighted by Crippen LogP contribution is -2.35. The first-order chi connectivity index (χ1) is 9.63. The molecule has 0 aliphatic heterocycles. The van der Waals surface area contributed by atoms with Crippen LogP contribution in [0.25, 0.3) is 0 Å². The largest absolute Gasteiger partial charge is 0.354 e. The van der Waals surface area contributed by atoms with Gasteiger partial charge in [0.1, 0.15) is 0 Å². The van der Waals surface area contributed by atoms with Crippen LogP contribution < -0.4 is 10.6 Å². The molecule has 0 aromatic carbocycles. The van der Waals surface area contributed by atoms with E-state index in [1.165, 1.54) is 5.57 Å². The zero-order valence-electron chi connectivity index (χ0n) is 14.6. The van der Waals surface area contributed by atoms with Crippen LogP contribution in [0.5, 0.6) is 0 Å². The Kier molecular flexibility index (Phi) is 8.98. The van der Waals surface area contributed by atoms with Gasteiger partial charge in [0.2, 0.25) is 11.8 Å². The molecule has 0 spiro atoms. The molecule has 0 aliphatic carbocycles. The molecule has 2 N–H and O–H groups in total. The van der Waals surface area contributed by atoms with Crippen molar-refractivity contribution in [2.75, 3.05) is 0 Å². The van der Waals surface area contributed by atoms with Crippen molar-refractivity contribution in [3.63, 3.8) is 0 Å². The number of nitrogens with one attached hydrogen (secondary N) is 2. The molecule has 2 amide bonds. The molecule has 0 aromatic heterocycles. The molecule has 122 valence electrons. The van der Waals surface area contributed by atoms with E-state index in [-0.39, 0.29) is 35.7 Å². The monoisotopic (exact) mass is 296 g/mol. The molecule has 0 saturated carbocycles. The first kappa shape index (κ1) is 19.7. The molecule has 0 radical (unpaired) electrons. The smallest absolute Gasteiger partial charge is 0.223 e. The van der Waals surface area contributed by atoms with Crippen molar-refractivity contribution in [3.05, 3.63) is 11.6 Å². The topological polar surface area (TPSA) is 58.2 Å². The minimum atomic E-state index is -0.0251. The van der Waals surface area contributed by atoms with Crippen molar-refractivity contribution in [1.29, 1.82) is 0 Å². The fourth-order valence-corrected chi connectivity index (χ4v) is 1.94. The summed E-state index contributed by atoms with van der Waals surface area (Å²) in [7, 11) is 0. The molecule has 0 rings (SSSR count). The number of allylic oxidation sites excluding steroid dienone is 1. The van der Waals surface area contributed by atoms with Crippen molar-refractivity contribution in [2.45, 2.75) is 73.4 Å². The molecular weight excluding hydrogens is 264 g/mol. The first-order valence-corrected chi connectivity index (χ1v) is 7.89. The van der Waals surface area contributed by atoms with Crippen molar-refractivity contribution in [3.8, 4) is 0 Å². The third kappa shape index (κ3) is 9.27. The summed E-state index contributed by atoms with van der Waals surface area (Å²) in [6.07, 6.45) is 3.65. The number of rotatable bonds is 8. The number of hydrogen-bond acceptors (Lipinski definition) is 2. The van der Waals surface area contributed by atoms with Gasteiger partial charge in [0.25, 0.3) is 0 Å². The summed E-state index contributed by atoms with van der Waals surface area (Å²) in [5, 5.41) is 5.91. The molecule has 4 heteroatoms. The average Bonchev–Trinajstić information content (AvgIpc) is 2.34. The Hall–Kier alpha value is -1.32. The number of carbonyl (C=O) groups excluding carboxylic acids is 2. The van der Waals surface area contributed by atoms with Gasteiger partial charge in [-0.1, -0.05) is 32.4 Å². The Morgan fingerprint density at radius 1 is 0.952 bits per heavy atom. The highest BCUT2D eigenvalue weighted by Gasteiger charge is 2.13. The maximum atomic E-state index is 11.8. The Morgan fingerprint density at radius 3 is 2.00 bits per heavy atom. The Balaban J connectivity index is 4.24. The predicted molar refractivity (Wildman–Crippen MR) is 87.9 cm³/mol. The fraction of sp³-hybridized carbons (Fsp3) is 0.765. The zero-order chi connectivity index (χ0) is 16.6. The summed E-state index contributed by atoms with van der Waals surface area (Å²) >= 11 is 0. The Bertz CT molecular complexity index is 373. The normalized spacial score (nSPS) is 15.0. The highest BCUT2D eigenvalue weighted by Crippen LogP contribution is 2.11. The van der Waals surface area contributed by atoms with Crippen LogP contribution in [-0.4, -0.2) is 23.9 Å². The van der Waals surface area contributed by atoms with E-state index in [4.69, 9.17) is 0 Å². The summed E-state index contributed by atoms with van der Waals surface area (Å²) < 4.78 is 0. The van der Waals surface area contributed by atoms with Gasteiger partial charge in [-0.3, -0.25) is 9.59 Å². The van der Waals surface area contributed by atoms with Crippen LogP contribution in [0.3, 0.4) is 0 Å². The van der Waals surface area contributed by atoms with Crippen molar-refractivity contribution >= 4 is 11.8 Å². The lowest BCUT2D eigenvalue weighted by molar-refractivity contribution is -0.125.